The Hall–Kier alpha value is -2.27. The first-order valence-electron chi connectivity index (χ1n) is 9.62. The van der Waals surface area contributed by atoms with Crippen molar-refractivity contribution in [3.8, 4) is 0 Å². The van der Waals surface area contributed by atoms with Crippen molar-refractivity contribution in [2.24, 2.45) is 0 Å². The highest BCUT2D eigenvalue weighted by atomic mass is 16.5. The van der Waals surface area contributed by atoms with Gasteiger partial charge in [0.2, 0.25) is 5.91 Å². The molecular formula is C22H29N3O2. The molecule has 1 atom stereocenters. The van der Waals surface area contributed by atoms with Crippen LogP contribution in [0.5, 0.6) is 0 Å². The molecule has 0 aliphatic carbocycles. The molecule has 27 heavy (non-hydrogen) atoms. The van der Waals surface area contributed by atoms with Gasteiger partial charge in [0.25, 0.3) is 0 Å². The Bertz CT molecular complexity index is 776. The largest absolute Gasteiger partial charge is 0.376 e. The number of nitrogens with one attached hydrogen (secondary N) is 1. The maximum absolute atomic E-state index is 12.8. The minimum absolute atomic E-state index is 0.0832. The first-order valence-corrected chi connectivity index (χ1v) is 9.62. The number of carbonyl (C=O) groups excluding carboxylic acids is 1. The highest BCUT2D eigenvalue weighted by Crippen LogP contribution is 2.45. The molecule has 2 heterocycles. The van der Waals surface area contributed by atoms with Crippen LogP contribution in [0.15, 0.2) is 42.9 Å². The zero-order valence-electron chi connectivity index (χ0n) is 16.5. The summed E-state index contributed by atoms with van der Waals surface area (Å²) in [5.74, 6) is 0.0832. The third kappa shape index (κ3) is 4.92. The highest BCUT2D eigenvalue weighted by molar-refractivity contribution is 5.77. The van der Waals surface area contributed by atoms with Gasteiger partial charge in [-0.05, 0) is 44.7 Å². The van der Waals surface area contributed by atoms with Crippen LogP contribution in [0.1, 0.15) is 49.9 Å². The van der Waals surface area contributed by atoms with Gasteiger partial charge in [-0.3, -0.25) is 14.8 Å². The number of aryl methyl sites for hydroxylation is 1. The molecule has 0 saturated carbocycles. The van der Waals surface area contributed by atoms with Crippen molar-refractivity contribution in [3.05, 3.63) is 59.7 Å². The quantitative estimate of drug-likeness (QED) is 0.850. The lowest BCUT2D eigenvalue weighted by Crippen LogP contribution is -2.47. The van der Waals surface area contributed by atoms with E-state index in [1.807, 2.05) is 0 Å². The Morgan fingerprint density at radius 2 is 2.07 bits per heavy atom. The fourth-order valence-electron chi connectivity index (χ4n) is 4.28. The van der Waals surface area contributed by atoms with Crippen molar-refractivity contribution < 1.29 is 9.53 Å². The lowest BCUT2D eigenvalue weighted by Gasteiger charge is -2.45. The van der Waals surface area contributed by atoms with E-state index in [2.05, 4.69) is 60.3 Å². The monoisotopic (exact) mass is 367 g/mol. The second-order valence-electron chi connectivity index (χ2n) is 8.10. The summed E-state index contributed by atoms with van der Waals surface area (Å²) in [5, 5.41) is 3.07. The number of carbonyl (C=O) groups is 1. The van der Waals surface area contributed by atoms with Crippen molar-refractivity contribution in [1.29, 1.82) is 0 Å². The SMILES string of the molecule is Cc1ccccc1C1(CC(=O)NCCc2cnccn2)CCOC(C)(C)C1. The molecule has 0 bridgehead atoms. The average Bonchev–Trinajstić information content (AvgIpc) is 2.62. The average molecular weight is 367 g/mol. The predicted octanol–water partition coefficient (Wildman–Crippen LogP) is 3.36. The summed E-state index contributed by atoms with van der Waals surface area (Å²) in [5.41, 5.74) is 2.97. The van der Waals surface area contributed by atoms with Crippen LogP contribution in [0.25, 0.3) is 0 Å². The van der Waals surface area contributed by atoms with E-state index in [4.69, 9.17) is 4.74 Å². The Kier molecular flexibility index (Phi) is 5.90. The Balaban J connectivity index is 1.72. The van der Waals surface area contributed by atoms with E-state index in [-0.39, 0.29) is 16.9 Å². The van der Waals surface area contributed by atoms with Gasteiger partial charge in [0.1, 0.15) is 0 Å². The zero-order valence-corrected chi connectivity index (χ0v) is 16.5. The van der Waals surface area contributed by atoms with Crippen molar-refractivity contribution in [2.75, 3.05) is 13.2 Å². The van der Waals surface area contributed by atoms with E-state index in [9.17, 15) is 4.79 Å². The molecule has 1 saturated heterocycles. The van der Waals surface area contributed by atoms with Gasteiger partial charge in [0.15, 0.2) is 0 Å². The van der Waals surface area contributed by atoms with Crippen LogP contribution < -0.4 is 5.32 Å². The molecule has 0 spiro atoms. The van der Waals surface area contributed by atoms with E-state index in [0.717, 1.165) is 18.5 Å². The van der Waals surface area contributed by atoms with Crippen LogP contribution in [0.3, 0.4) is 0 Å². The highest BCUT2D eigenvalue weighted by Gasteiger charge is 2.44. The molecule has 144 valence electrons. The molecule has 1 aliphatic rings. The van der Waals surface area contributed by atoms with Crippen molar-refractivity contribution in [1.82, 2.24) is 15.3 Å². The molecule has 1 unspecified atom stereocenters. The summed E-state index contributed by atoms with van der Waals surface area (Å²) in [6.45, 7) is 7.61. The summed E-state index contributed by atoms with van der Waals surface area (Å²) in [7, 11) is 0. The maximum Gasteiger partial charge on any atom is 0.220 e. The summed E-state index contributed by atoms with van der Waals surface area (Å²) < 4.78 is 5.96. The van der Waals surface area contributed by atoms with Gasteiger partial charge in [-0.2, -0.15) is 0 Å². The smallest absolute Gasteiger partial charge is 0.220 e. The number of hydrogen-bond acceptors (Lipinski definition) is 4. The number of hydrogen-bond donors (Lipinski definition) is 1. The second kappa shape index (κ2) is 8.17. The summed E-state index contributed by atoms with van der Waals surface area (Å²) in [4.78, 5) is 21.1. The topological polar surface area (TPSA) is 64.1 Å². The van der Waals surface area contributed by atoms with Gasteiger partial charge >= 0.3 is 0 Å². The maximum atomic E-state index is 12.8. The lowest BCUT2D eigenvalue weighted by atomic mass is 9.66. The number of benzene rings is 1. The van der Waals surface area contributed by atoms with Gasteiger partial charge < -0.3 is 10.1 Å². The van der Waals surface area contributed by atoms with Gasteiger partial charge in [-0.15, -0.1) is 0 Å². The Morgan fingerprint density at radius 3 is 2.78 bits per heavy atom. The Labute approximate surface area is 161 Å². The minimum atomic E-state index is -0.236. The molecule has 1 N–H and O–H groups in total. The molecule has 5 nitrogen and oxygen atoms in total. The zero-order chi connectivity index (χ0) is 19.3. The summed E-state index contributed by atoms with van der Waals surface area (Å²) >= 11 is 0. The standard InChI is InChI=1S/C22H29N3O2/c1-17-6-4-5-7-19(17)22(9-13-27-21(2,3)16-22)14-20(26)25-10-8-18-15-23-11-12-24-18/h4-7,11-12,15H,8-10,13-14,16H2,1-3H3,(H,25,26). The first-order chi connectivity index (χ1) is 12.9. The fraction of sp³-hybridized carbons (Fsp3) is 0.500. The lowest BCUT2D eigenvalue weighted by molar-refractivity contribution is -0.126. The van der Waals surface area contributed by atoms with Gasteiger partial charge in [0.05, 0.1) is 11.3 Å². The third-order valence-corrected chi connectivity index (χ3v) is 5.37. The van der Waals surface area contributed by atoms with Gasteiger partial charge in [0, 0.05) is 50.0 Å². The van der Waals surface area contributed by atoms with Crippen LogP contribution >= 0.6 is 0 Å². The molecule has 5 heteroatoms. The second-order valence-corrected chi connectivity index (χ2v) is 8.10. The number of amides is 1. The van der Waals surface area contributed by atoms with Gasteiger partial charge in [-0.25, -0.2) is 0 Å². The molecule has 1 aliphatic heterocycles. The van der Waals surface area contributed by atoms with Crippen LogP contribution in [0.2, 0.25) is 0 Å². The molecule has 1 aromatic heterocycles. The number of rotatable bonds is 6. The van der Waals surface area contributed by atoms with E-state index in [1.165, 1.54) is 11.1 Å². The molecule has 1 amide bonds. The minimum Gasteiger partial charge on any atom is -0.376 e. The van der Waals surface area contributed by atoms with Crippen molar-refractivity contribution in [3.63, 3.8) is 0 Å². The van der Waals surface area contributed by atoms with Crippen LogP contribution in [0, 0.1) is 6.92 Å². The molecule has 3 rings (SSSR count). The number of nitrogens with zero attached hydrogens (tertiary/aromatic N) is 2. The molecule has 1 fully saturated rings. The first kappa shape index (κ1) is 19.5. The van der Waals surface area contributed by atoms with Crippen LogP contribution in [0.4, 0.5) is 0 Å². The summed E-state index contributed by atoms with van der Waals surface area (Å²) in [6, 6.07) is 8.42. The van der Waals surface area contributed by atoms with Gasteiger partial charge in [-0.1, -0.05) is 24.3 Å². The molecular weight excluding hydrogens is 338 g/mol. The van der Waals surface area contributed by atoms with E-state index >= 15 is 0 Å². The predicted molar refractivity (Wildman–Crippen MR) is 105 cm³/mol. The van der Waals surface area contributed by atoms with Crippen LogP contribution in [-0.4, -0.2) is 34.6 Å². The van der Waals surface area contributed by atoms with Crippen molar-refractivity contribution in [2.45, 2.75) is 57.5 Å². The molecule has 0 radical (unpaired) electrons. The van der Waals surface area contributed by atoms with Crippen LogP contribution in [-0.2, 0) is 21.4 Å². The summed E-state index contributed by atoms with van der Waals surface area (Å²) in [6.07, 6.45) is 7.93. The van der Waals surface area contributed by atoms with E-state index in [1.54, 1.807) is 18.6 Å². The van der Waals surface area contributed by atoms with E-state index < -0.39 is 0 Å². The molecule has 2 aromatic rings. The fourth-order valence-corrected chi connectivity index (χ4v) is 4.28. The normalized spacial score (nSPS) is 21.6. The molecule has 1 aromatic carbocycles. The van der Waals surface area contributed by atoms with Crippen molar-refractivity contribution >= 4 is 5.91 Å². The van der Waals surface area contributed by atoms with E-state index in [0.29, 0.717) is 26.0 Å². The number of aromatic nitrogens is 2. The third-order valence-electron chi connectivity index (χ3n) is 5.37. The number of ether oxygens (including phenoxy) is 1. The Morgan fingerprint density at radius 1 is 1.26 bits per heavy atom.